The normalized spacial score (nSPS) is 12.7. The molecular formula is C13H15Br2N3. The van der Waals surface area contributed by atoms with Crippen molar-refractivity contribution in [1.29, 1.82) is 0 Å². The van der Waals surface area contributed by atoms with E-state index in [2.05, 4.69) is 58.9 Å². The van der Waals surface area contributed by atoms with Gasteiger partial charge in [0.25, 0.3) is 0 Å². The van der Waals surface area contributed by atoms with Gasteiger partial charge >= 0.3 is 0 Å². The van der Waals surface area contributed by atoms with E-state index < -0.39 is 0 Å². The Labute approximate surface area is 124 Å². The Morgan fingerprint density at radius 2 is 2.17 bits per heavy atom. The second-order valence-corrected chi connectivity index (χ2v) is 5.94. The van der Waals surface area contributed by atoms with Crippen molar-refractivity contribution in [3.63, 3.8) is 0 Å². The van der Waals surface area contributed by atoms with Crippen LogP contribution in [0.2, 0.25) is 0 Å². The van der Waals surface area contributed by atoms with Crippen molar-refractivity contribution in [3.05, 3.63) is 50.9 Å². The summed E-state index contributed by atoms with van der Waals surface area (Å²) in [6, 6.07) is 6.45. The van der Waals surface area contributed by atoms with Gasteiger partial charge in [0, 0.05) is 40.8 Å². The van der Waals surface area contributed by atoms with E-state index in [4.69, 9.17) is 0 Å². The molecule has 0 saturated heterocycles. The lowest BCUT2D eigenvalue weighted by molar-refractivity contribution is 0.561. The molecule has 1 N–H and O–H groups in total. The number of benzene rings is 1. The Balaban J connectivity index is 2.28. The van der Waals surface area contributed by atoms with E-state index in [9.17, 15) is 0 Å². The standard InChI is InChI=1S/C13H15Br2N3/c1-16-12(8-13-17-5-6-18(13)2)10-7-9(14)3-4-11(10)15/h3-7,12,16H,8H2,1-2H3. The third-order valence-corrected chi connectivity index (χ3v) is 4.21. The number of hydrogen-bond donors (Lipinski definition) is 1. The van der Waals surface area contributed by atoms with Crippen molar-refractivity contribution in [3.8, 4) is 0 Å². The van der Waals surface area contributed by atoms with Crippen LogP contribution in [0.3, 0.4) is 0 Å². The molecule has 5 heteroatoms. The molecule has 1 unspecified atom stereocenters. The topological polar surface area (TPSA) is 29.9 Å². The molecule has 0 amide bonds. The van der Waals surface area contributed by atoms with E-state index in [1.165, 1.54) is 5.56 Å². The van der Waals surface area contributed by atoms with E-state index in [1.807, 2.05) is 32.6 Å². The summed E-state index contributed by atoms with van der Waals surface area (Å²) in [5.74, 6) is 1.07. The summed E-state index contributed by atoms with van der Waals surface area (Å²) in [6.07, 6.45) is 4.66. The van der Waals surface area contributed by atoms with E-state index in [1.54, 1.807) is 0 Å². The molecule has 96 valence electrons. The molecule has 2 rings (SSSR count). The molecule has 18 heavy (non-hydrogen) atoms. The third-order valence-electron chi connectivity index (χ3n) is 2.99. The predicted molar refractivity (Wildman–Crippen MR) is 80.6 cm³/mol. The van der Waals surface area contributed by atoms with Crippen LogP contribution in [-0.4, -0.2) is 16.6 Å². The predicted octanol–water partition coefficient (Wildman–Crippen LogP) is 3.45. The quantitative estimate of drug-likeness (QED) is 0.890. The molecule has 0 spiro atoms. The number of nitrogens with zero attached hydrogens (tertiary/aromatic N) is 2. The highest BCUT2D eigenvalue weighted by Crippen LogP contribution is 2.28. The SMILES string of the molecule is CNC(Cc1nccn1C)c1cc(Br)ccc1Br. The Morgan fingerprint density at radius 3 is 2.78 bits per heavy atom. The number of aryl methyl sites for hydroxylation is 1. The van der Waals surface area contributed by atoms with Gasteiger partial charge in [0.2, 0.25) is 0 Å². The number of rotatable bonds is 4. The molecule has 0 fully saturated rings. The number of nitrogens with one attached hydrogen (secondary N) is 1. The van der Waals surface area contributed by atoms with Crippen LogP contribution in [0.4, 0.5) is 0 Å². The van der Waals surface area contributed by atoms with Crippen LogP contribution >= 0.6 is 31.9 Å². The molecule has 1 heterocycles. The zero-order valence-electron chi connectivity index (χ0n) is 10.3. The molecule has 1 atom stereocenters. The van der Waals surface area contributed by atoms with Gasteiger partial charge in [-0.2, -0.15) is 0 Å². The molecule has 0 aliphatic carbocycles. The van der Waals surface area contributed by atoms with Gasteiger partial charge in [-0.3, -0.25) is 0 Å². The fourth-order valence-electron chi connectivity index (χ4n) is 1.92. The van der Waals surface area contributed by atoms with Crippen molar-refractivity contribution >= 4 is 31.9 Å². The van der Waals surface area contributed by atoms with Crippen LogP contribution in [0.15, 0.2) is 39.5 Å². The highest BCUT2D eigenvalue weighted by Gasteiger charge is 2.15. The Hall–Kier alpha value is -0.650. The van der Waals surface area contributed by atoms with Gasteiger partial charge in [-0.15, -0.1) is 0 Å². The highest BCUT2D eigenvalue weighted by atomic mass is 79.9. The summed E-state index contributed by atoms with van der Waals surface area (Å²) in [5, 5.41) is 3.35. The zero-order valence-corrected chi connectivity index (χ0v) is 13.5. The highest BCUT2D eigenvalue weighted by molar-refractivity contribution is 9.11. The molecule has 1 aromatic carbocycles. The lowest BCUT2D eigenvalue weighted by Crippen LogP contribution is -2.21. The van der Waals surface area contributed by atoms with Crippen LogP contribution < -0.4 is 5.32 Å². The van der Waals surface area contributed by atoms with Gasteiger partial charge in [0.1, 0.15) is 5.82 Å². The number of aromatic nitrogens is 2. The summed E-state index contributed by atoms with van der Waals surface area (Å²) in [6.45, 7) is 0. The molecule has 0 radical (unpaired) electrons. The molecule has 1 aromatic heterocycles. The van der Waals surface area contributed by atoms with Crippen LogP contribution in [0.5, 0.6) is 0 Å². The monoisotopic (exact) mass is 371 g/mol. The minimum Gasteiger partial charge on any atom is -0.338 e. The third kappa shape index (κ3) is 3.02. The van der Waals surface area contributed by atoms with Crippen LogP contribution in [0.1, 0.15) is 17.4 Å². The fraction of sp³-hybridized carbons (Fsp3) is 0.308. The van der Waals surface area contributed by atoms with Crippen LogP contribution in [0.25, 0.3) is 0 Å². The smallest absolute Gasteiger partial charge is 0.110 e. The summed E-state index contributed by atoms with van der Waals surface area (Å²) in [7, 11) is 3.99. The number of imidazole rings is 1. The lowest BCUT2D eigenvalue weighted by atomic mass is 10.0. The second kappa shape index (κ2) is 5.99. The first-order valence-electron chi connectivity index (χ1n) is 5.70. The van der Waals surface area contributed by atoms with Crippen molar-refractivity contribution in [2.24, 2.45) is 7.05 Å². The largest absolute Gasteiger partial charge is 0.338 e. The minimum absolute atomic E-state index is 0.234. The van der Waals surface area contributed by atoms with Crippen molar-refractivity contribution in [2.75, 3.05) is 7.05 Å². The van der Waals surface area contributed by atoms with E-state index in [0.717, 1.165) is 21.2 Å². The maximum atomic E-state index is 4.38. The van der Waals surface area contributed by atoms with Gasteiger partial charge in [-0.25, -0.2) is 4.98 Å². The van der Waals surface area contributed by atoms with Gasteiger partial charge in [0.15, 0.2) is 0 Å². The molecule has 3 nitrogen and oxygen atoms in total. The van der Waals surface area contributed by atoms with Gasteiger partial charge < -0.3 is 9.88 Å². The first kappa shape index (κ1) is 13.8. The second-order valence-electron chi connectivity index (χ2n) is 4.17. The average molecular weight is 373 g/mol. The molecular weight excluding hydrogens is 358 g/mol. The van der Waals surface area contributed by atoms with Crippen LogP contribution in [0, 0.1) is 0 Å². The molecule has 0 aliphatic rings. The molecule has 0 bridgehead atoms. The number of hydrogen-bond acceptors (Lipinski definition) is 2. The minimum atomic E-state index is 0.234. The Kier molecular flexibility index (Phi) is 4.59. The molecule has 0 saturated carbocycles. The van der Waals surface area contributed by atoms with E-state index in [0.29, 0.717) is 0 Å². The van der Waals surface area contributed by atoms with Crippen LogP contribution in [-0.2, 0) is 13.5 Å². The first-order chi connectivity index (χ1) is 8.61. The number of likely N-dealkylation sites (N-methyl/N-ethyl adjacent to an activating group) is 1. The number of halogens is 2. The Morgan fingerprint density at radius 1 is 1.39 bits per heavy atom. The van der Waals surface area contributed by atoms with Crippen molar-refractivity contribution < 1.29 is 0 Å². The first-order valence-corrected chi connectivity index (χ1v) is 7.29. The maximum Gasteiger partial charge on any atom is 0.110 e. The maximum absolute atomic E-state index is 4.38. The summed E-state index contributed by atoms with van der Waals surface area (Å²) >= 11 is 7.12. The average Bonchev–Trinajstić information content (AvgIpc) is 2.75. The van der Waals surface area contributed by atoms with E-state index in [-0.39, 0.29) is 6.04 Å². The van der Waals surface area contributed by atoms with Gasteiger partial charge in [-0.1, -0.05) is 31.9 Å². The van der Waals surface area contributed by atoms with E-state index >= 15 is 0 Å². The summed E-state index contributed by atoms with van der Waals surface area (Å²) in [4.78, 5) is 4.38. The van der Waals surface area contributed by atoms with Gasteiger partial charge in [0.05, 0.1) is 0 Å². The zero-order chi connectivity index (χ0) is 13.1. The Bertz CT molecular complexity index is 537. The summed E-state index contributed by atoms with van der Waals surface area (Å²) < 4.78 is 4.25. The van der Waals surface area contributed by atoms with Crippen molar-refractivity contribution in [1.82, 2.24) is 14.9 Å². The summed E-state index contributed by atoms with van der Waals surface area (Å²) in [5.41, 5.74) is 1.23. The van der Waals surface area contributed by atoms with Gasteiger partial charge in [-0.05, 0) is 30.8 Å². The lowest BCUT2D eigenvalue weighted by Gasteiger charge is -2.18. The molecule has 2 aromatic rings. The fourth-order valence-corrected chi connectivity index (χ4v) is 2.83. The van der Waals surface area contributed by atoms with Crippen molar-refractivity contribution in [2.45, 2.75) is 12.5 Å². The molecule has 0 aliphatic heterocycles.